The molecule has 0 saturated heterocycles. The van der Waals surface area contributed by atoms with Crippen LogP contribution in [0.2, 0.25) is 0 Å². The molecule has 0 saturated carbocycles. The molecule has 4 nitrogen and oxygen atoms in total. The maximum absolute atomic E-state index is 12.1. The van der Waals surface area contributed by atoms with Crippen molar-refractivity contribution in [1.82, 2.24) is 5.32 Å². The summed E-state index contributed by atoms with van der Waals surface area (Å²) >= 11 is 6.96. The third-order valence-electron chi connectivity index (χ3n) is 2.65. The van der Waals surface area contributed by atoms with Gasteiger partial charge in [0.25, 0.3) is 5.91 Å². The minimum absolute atomic E-state index is 0.146. The van der Waals surface area contributed by atoms with Crippen LogP contribution in [0.25, 0.3) is 0 Å². The van der Waals surface area contributed by atoms with E-state index in [9.17, 15) is 4.79 Å². The van der Waals surface area contributed by atoms with E-state index in [4.69, 9.17) is 10.5 Å². The molecule has 21 heavy (non-hydrogen) atoms. The lowest BCUT2D eigenvalue weighted by Crippen LogP contribution is -2.46. The molecule has 1 aromatic carbocycles. The van der Waals surface area contributed by atoms with Crippen LogP contribution in [0.15, 0.2) is 21.1 Å². The van der Waals surface area contributed by atoms with Crippen molar-refractivity contribution in [3.05, 3.63) is 26.6 Å². The average molecular weight is 422 g/mol. The topological polar surface area (TPSA) is 64.3 Å². The quantitative estimate of drug-likeness (QED) is 0.765. The molecule has 1 amide bonds. The number of hydrogen-bond acceptors (Lipinski definition) is 3. The second-order valence-corrected chi connectivity index (χ2v) is 7.64. The summed E-state index contributed by atoms with van der Waals surface area (Å²) in [5, 5.41) is 2.90. The second kappa shape index (κ2) is 7.61. The first-order valence-corrected chi connectivity index (χ1v) is 8.39. The Morgan fingerprint density at radius 2 is 1.86 bits per heavy atom. The average Bonchev–Trinajstić information content (AvgIpc) is 2.31. The first-order valence-electron chi connectivity index (χ1n) is 6.80. The molecule has 118 valence electrons. The van der Waals surface area contributed by atoms with Gasteiger partial charge in [-0.05, 0) is 90.2 Å². The summed E-state index contributed by atoms with van der Waals surface area (Å²) in [7, 11) is 0. The number of carbonyl (C=O) groups is 1. The van der Waals surface area contributed by atoms with Gasteiger partial charge in [-0.2, -0.15) is 0 Å². The van der Waals surface area contributed by atoms with Gasteiger partial charge >= 0.3 is 0 Å². The van der Waals surface area contributed by atoms with Gasteiger partial charge in [0.15, 0.2) is 6.10 Å². The summed E-state index contributed by atoms with van der Waals surface area (Å²) in [6.07, 6.45) is 0.203. The number of amides is 1. The van der Waals surface area contributed by atoms with Gasteiger partial charge in [0.1, 0.15) is 5.75 Å². The van der Waals surface area contributed by atoms with Crippen LogP contribution in [0.3, 0.4) is 0 Å². The highest BCUT2D eigenvalue weighted by Gasteiger charge is 2.22. The summed E-state index contributed by atoms with van der Waals surface area (Å²) in [6.45, 7) is 8.12. The van der Waals surface area contributed by atoms with Crippen LogP contribution in [0, 0.1) is 0 Å². The van der Waals surface area contributed by atoms with Crippen molar-refractivity contribution < 1.29 is 9.53 Å². The van der Waals surface area contributed by atoms with Gasteiger partial charge in [0, 0.05) is 5.54 Å². The zero-order chi connectivity index (χ0) is 16.2. The molecule has 6 heteroatoms. The second-order valence-electron chi connectivity index (χ2n) is 5.93. The summed E-state index contributed by atoms with van der Waals surface area (Å²) < 4.78 is 7.38. The van der Waals surface area contributed by atoms with Gasteiger partial charge in [0.2, 0.25) is 0 Å². The Morgan fingerprint density at radius 1 is 1.33 bits per heavy atom. The van der Waals surface area contributed by atoms with Gasteiger partial charge in [0.05, 0.1) is 8.95 Å². The molecule has 0 heterocycles. The van der Waals surface area contributed by atoms with E-state index in [1.54, 1.807) is 6.92 Å². The summed E-state index contributed by atoms with van der Waals surface area (Å²) in [4.78, 5) is 12.1. The summed E-state index contributed by atoms with van der Waals surface area (Å²) in [5.74, 6) is 0.472. The largest absolute Gasteiger partial charge is 0.479 e. The number of halogens is 2. The number of nitrogens with two attached hydrogens (primary N) is 1. The highest BCUT2D eigenvalue weighted by molar-refractivity contribution is 9.11. The fourth-order valence-corrected chi connectivity index (χ4v) is 3.21. The van der Waals surface area contributed by atoms with Gasteiger partial charge in [-0.25, -0.2) is 0 Å². The molecule has 1 unspecified atom stereocenters. The number of benzene rings is 1. The van der Waals surface area contributed by atoms with Gasteiger partial charge in [-0.1, -0.05) is 0 Å². The van der Waals surface area contributed by atoms with Crippen molar-refractivity contribution in [3.63, 3.8) is 0 Å². The Bertz CT molecular complexity index is 490. The molecule has 0 radical (unpaired) electrons. The van der Waals surface area contributed by atoms with E-state index in [1.165, 1.54) is 0 Å². The normalized spacial score (nSPS) is 12.9. The highest BCUT2D eigenvalue weighted by Crippen LogP contribution is 2.35. The first-order chi connectivity index (χ1) is 9.64. The van der Waals surface area contributed by atoms with Crippen LogP contribution < -0.4 is 15.8 Å². The molecule has 0 spiro atoms. The van der Waals surface area contributed by atoms with Gasteiger partial charge < -0.3 is 15.8 Å². The zero-order valence-electron chi connectivity index (χ0n) is 12.8. The predicted molar refractivity (Wildman–Crippen MR) is 92.6 cm³/mol. The summed E-state index contributed by atoms with van der Waals surface area (Å²) in [5.41, 5.74) is 6.39. The molecule has 0 aliphatic carbocycles. The Hall–Kier alpha value is -0.590. The third-order valence-corrected chi connectivity index (χ3v) is 3.83. The van der Waals surface area contributed by atoms with E-state index >= 15 is 0 Å². The Balaban J connectivity index is 2.85. The number of rotatable bonds is 5. The van der Waals surface area contributed by atoms with Gasteiger partial charge in [-0.15, -0.1) is 0 Å². The van der Waals surface area contributed by atoms with Crippen molar-refractivity contribution in [3.8, 4) is 5.75 Å². The maximum atomic E-state index is 12.1. The van der Waals surface area contributed by atoms with Crippen molar-refractivity contribution in [2.45, 2.75) is 45.8 Å². The SMILES string of the molecule is CC(Oc1c(Br)cc(CCN)cc1Br)C(=O)NC(C)(C)C. The lowest BCUT2D eigenvalue weighted by atomic mass is 10.1. The third kappa shape index (κ3) is 5.96. The minimum Gasteiger partial charge on any atom is -0.479 e. The molecule has 1 rings (SSSR count). The highest BCUT2D eigenvalue weighted by atomic mass is 79.9. The molecule has 3 N–H and O–H groups in total. The van der Waals surface area contributed by atoms with Crippen molar-refractivity contribution in [1.29, 1.82) is 0 Å². The van der Waals surface area contributed by atoms with E-state index in [2.05, 4.69) is 37.2 Å². The predicted octanol–water partition coefficient (Wildman–Crippen LogP) is 3.39. The monoisotopic (exact) mass is 420 g/mol. The lowest BCUT2D eigenvalue weighted by molar-refractivity contribution is -0.128. The Morgan fingerprint density at radius 3 is 2.29 bits per heavy atom. The van der Waals surface area contributed by atoms with Crippen LogP contribution in [0.4, 0.5) is 0 Å². The standard InChI is InChI=1S/C15H22Br2N2O2/c1-9(14(20)19-15(2,3)4)21-13-11(16)7-10(5-6-18)8-12(13)17/h7-9H,5-6,18H2,1-4H3,(H,19,20). The summed E-state index contributed by atoms with van der Waals surface area (Å²) in [6, 6.07) is 3.92. The maximum Gasteiger partial charge on any atom is 0.261 e. The smallest absolute Gasteiger partial charge is 0.261 e. The molecular weight excluding hydrogens is 400 g/mol. The van der Waals surface area contributed by atoms with E-state index < -0.39 is 6.10 Å². The molecular formula is C15H22Br2N2O2. The zero-order valence-corrected chi connectivity index (χ0v) is 16.0. The van der Waals surface area contributed by atoms with E-state index in [-0.39, 0.29) is 11.4 Å². The lowest BCUT2D eigenvalue weighted by Gasteiger charge is -2.24. The Labute approximate surface area is 143 Å². The Kier molecular flexibility index (Phi) is 6.69. The molecule has 0 fully saturated rings. The molecule has 1 atom stereocenters. The number of carbonyl (C=O) groups excluding carboxylic acids is 1. The van der Waals surface area contributed by atoms with Crippen LogP contribution >= 0.6 is 31.9 Å². The van der Waals surface area contributed by atoms with Crippen LogP contribution in [-0.4, -0.2) is 24.1 Å². The van der Waals surface area contributed by atoms with Crippen molar-refractivity contribution >= 4 is 37.8 Å². The van der Waals surface area contributed by atoms with Gasteiger partial charge in [-0.3, -0.25) is 4.79 Å². The molecule has 0 aliphatic rings. The molecule has 0 bridgehead atoms. The van der Waals surface area contributed by atoms with Crippen molar-refractivity contribution in [2.24, 2.45) is 5.73 Å². The number of hydrogen-bond donors (Lipinski definition) is 2. The van der Waals surface area contributed by atoms with E-state index in [0.717, 1.165) is 20.9 Å². The fourth-order valence-electron chi connectivity index (χ4n) is 1.74. The number of ether oxygens (including phenoxy) is 1. The fraction of sp³-hybridized carbons (Fsp3) is 0.533. The molecule has 0 aliphatic heterocycles. The minimum atomic E-state index is -0.586. The molecule has 1 aromatic rings. The first kappa shape index (κ1) is 18.5. The van der Waals surface area contributed by atoms with Crippen LogP contribution in [-0.2, 0) is 11.2 Å². The van der Waals surface area contributed by atoms with Crippen LogP contribution in [0.1, 0.15) is 33.3 Å². The van der Waals surface area contributed by atoms with E-state index in [1.807, 2.05) is 32.9 Å². The van der Waals surface area contributed by atoms with E-state index in [0.29, 0.717) is 12.3 Å². The van der Waals surface area contributed by atoms with Crippen molar-refractivity contribution in [2.75, 3.05) is 6.54 Å². The molecule has 0 aromatic heterocycles. The number of nitrogens with one attached hydrogen (secondary N) is 1. The van der Waals surface area contributed by atoms with Crippen LogP contribution in [0.5, 0.6) is 5.75 Å².